The number of nitro benzene ring substituents is 1. The quantitative estimate of drug-likeness (QED) is 0.196. The van der Waals surface area contributed by atoms with E-state index < -0.39 is 16.6 Å². The molecule has 10 nitrogen and oxygen atoms in total. The van der Waals surface area contributed by atoms with Crippen LogP contribution in [0.1, 0.15) is 63.5 Å². The van der Waals surface area contributed by atoms with Crippen molar-refractivity contribution in [3.8, 4) is 0 Å². The van der Waals surface area contributed by atoms with Gasteiger partial charge in [-0.1, -0.05) is 36.4 Å². The van der Waals surface area contributed by atoms with Crippen LogP contribution in [0, 0.1) is 16.0 Å². The van der Waals surface area contributed by atoms with Gasteiger partial charge < -0.3 is 24.6 Å². The minimum absolute atomic E-state index is 0.00219. The fourth-order valence-corrected chi connectivity index (χ4v) is 6.23. The number of benzene rings is 2. The van der Waals surface area contributed by atoms with Gasteiger partial charge in [0.25, 0.3) is 5.69 Å². The second-order valence-electron chi connectivity index (χ2n) is 12.5. The molecule has 3 atom stereocenters. The van der Waals surface area contributed by atoms with Crippen LogP contribution < -0.4 is 5.32 Å². The van der Waals surface area contributed by atoms with Crippen LogP contribution in [0.2, 0.25) is 0 Å². The highest BCUT2D eigenvalue weighted by Gasteiger charge is 2.38. The number of likely N-dealkylation sites (tertiary alicyclic amines) is 1. The third kappa shape index (κ3) is 9.28. The Hall–Kier alpha value is -3.92. The molecule has 2 fully saturated rings. The Morgan fingerprint density at radius 1 is 1.09 bits per heavy atom. The molecule has 2 aromatic rings. The molecule has 2 aromatic carbocycles. The molecule has 43 heavy (non-hydrogen) atoms. The molecule has 0 spiro atoms. The van der Waals surface area contributed by atoms with Crippen LogP contribution in [0.5, 0.6) is 0 Å². The van der Waals surface area contributed by atoms with E-state index in [0.29, 0.717) is 23.9 Å². The van der Waals surface area contributed by atoms with Crippen LogP contribution in [0.25, 0.3) is 0 Å². The molecule has 232 valence electrons. The molecule has 0 aromatic heterocycles. The first-order valence-corrected chi connectivity index (χ1v) is 15.1. The maximum absolute atomic E-state index is 13.0. The largest absolute Gasteiger partial charge is 0.445 e. The van der Waals surface area contributed by atoms with E-state index >= 15 is 0 Å². The van der Waals surface area contributed by atoms with Gasteiger partial charge in [0.2, 0.25) is 0 Å². The molecule has 0 bridgehead atoms. The topological polar surface area (TPSA) is 114 Å². The molecule has 1 N–H and O–H groups in total. The Bertz CT molecular complexity index is 1240. The maximum atomic E-state index is 13.0. The summed E-state index contributed by atoms with van der Waals surface area (Å²) in [7, 11) is 0. The number of amides is 2. The summed E-state index contributed by atoms with van der Waals surface area (Å²) < 4.78 is 11.1. The highest BCUT2D eigenvalue weighted by atomic mass is 16.6. The zero-order valence-corrected chi connectivity index (χ0v) is 25.4. The third-order valence-electron chi connectivity index (χ3n) is 8.20. The lowest BCUT2D eigenvalue weighted by molar-refractivity contribution is -0.384. The number of rotatable bonds is 10. The molecule has 1 aliphatic heterocycles. The third-order valence-corrected chi connectivity index (χ3v) is 8.20. The second-order valence-corrected chi connectivity index (χ2v) is 12.5. The lowest BCUT2D eigenvalue weighted by Crippen LogP contribution is -2.48. The van der Waals surface area contributed by atoms with Crippen molar-refractivity contribution in [2.45, 2.75) is 76.7 Å². The maximum Gasteiger partial charge on any atom is 0.410 e. The molecule has 1 saturated heterocycles. The summed E-state index contributed by atoms with van der Waals surface area (Å²) in [6.07, 6.45) is 4.33. The van der Waals surface area contributed by atoms with Crippen LogP contribution in [-0.4, -0.2) is 70.8 Å². The normalized spacial score (nSPS) is 21.1. The summed E-state index contributed by atoms with van der Waals surface area (Å²) in [6, 6.07) is 16.6. The van der Waals surface area contributed by atoms with Gasteiger partial charge in [-0.05, 0) is 81.5 Å². The van der Waals surface area contributed by atoms with E-state index in [1.807, 2.05) is 26.8 Å². The van der Waals surface area contributed by atoms with E-state index in [2.05, 4.69) is 41.1 Å². The molecule has 2 amide bonds. The molecule has 1 aliphatic carbocycles. The van der Waals surface area contributed by atoms with Crippen molar-refractivity contribution in [1.29, 1.82) is 0 Å². The van der Waals surface area contributed by atoms with Crippen molar-refractivity contribution in [3.05, 3.63) is 88.5 Å². The minimum atomic E-state index is -0.540. The smallest absolute Gasteiger partial charge is 0.410 e. The number of nitrogens with zero attached hydrogens (tertiary/aromatic N) is 3. The van der Waals surface area contributed by atoms with E-state index in [0.717, 1.165) is 45.3 Å². The molecule has 2 aliphatic rings. The highest BCUT2D eigenvalue weighted by Crippen LogP contribution is 2.41. The fraction of sp³-hybridized carbons (Fsp3) is 0.515. The van der Waals surface area contributed by atoms with Crippen molar-refractivity contribution < 1.29 is 24.0 Å². The Labute approximate surface area is 254 Å². The van der Waals surface area contributed by atoms with Gasteiger partial charge in [0.15, 0.2) is 0 Å². The molecule has 0 radical (unpaired) electrons. The first-order chi connectivity index (χ1) is 20.5. The van der Waals surface area contributed by atoms with Gasteiger partial charge in [-0.3, -0.25) is 10.1 Å². The van der Waals surface area contributed by atoms with Crippen LogP contribution in [0.15, 0.2) is 67.3 Å². The fourth-order valence-electron chi connectivity index (χ4n) is 6.23. The van der Waals surface area contributed by atoms with Gasteiger partial charge in [-0.15, -0.1) is 6.58 Å². The van der Waals surface area contributed by atoms with E-state index in [1.54, 1.807) is 23.1 Å². The minimum Gasteiger partial charge on any atom is -0.445 e. The van der Waals surface area contributed by atoms with Gasteiger partial charge in [0.1, 0.15) is 12.2 Å². The monoisotopic (exact) mass is 592 g/mol. The van der Waals surface area contributed by atoms with Gasteiger partial charge >= 0.3 is 12.2 Å². The standard InChI is InChI=1S/C33H44N4O6/c1-5-17-36(32(39)42-23-24-11-13-29(14-12-24)37(40)41)28-15-18-35(19-16-28)22-26-20-27(34-31(38)43-33(2,3)4)21-30(26)25-9-7-6-8-10-25/h5-14,26-28,30H,1,15-23H2,2-4H3,(H,34,38)/t26-,27-,30-/m1/s1. The van der Waals surface area contributed by atoms with Crippen molar-refractivity contribution in [2.24, 2.45) is 5.92 Å². The molecular weight excluding hydrogens is 548 g/mol. The van der Waals surface area contributed by atoms with Crippen molar-refractivity contribution >= 4 is 17.9 Å². The van der Waals surface area contributed by atoms with E-state index in [9.17, 15) is 19.7 Å². The number of ether oxygens (including phenoxy) is 2. The SMILES string of the molecule is C=CCN(C(=O)OCc1ccc([N+](=O)[O-])cc1)C1CCN(C[C@H]2C[C@@H](NC(=O)OC(C)(C)C)C[C@@H]2c2ccccc2)CC1. The molecule has 0 unspecified atom stereocenters. The summed E-state index contributed by atoms with van der Waals surface area (Å²) in [6.45, 7) is 12.5. The van der Waals surface area contributed by atoms with E-state index in [1.165, 1.54) is 17.7 Å². The average Bonchev–Trinajstić information content (AvgIpc) is 3.36. The van der Waals surface area contributed by atoms with Gasteiger partial charge in [-0.2, -0.15) is 0 Å². The Morgan fingerprint density at radius 3 is 2.37 bits per heavy atom. The number of nitrogens with one attached hydrogen (secondary N) is 1. The van der Waals surface area contributed by atoms with Crippen molar-refractivity contribution in [2.75, 3.05) is 26.2 Å². The summed E-state index contributed by atoms with van der Waals surface area (Å²) in [5.41, 5.74) is 1.44. The van der Waals surface area contributed by atoms with Gasteiger partial charge in [0, 0.05) is 50.4 Å². The first kappa shape index (κ1) is 32.0. The average molecular weight is 593 g/mol. The van der Waals surface area contributed by atoms with Crippen LogP contribution in [-0.2, 0) is 16.1 Å². The number of carbonyl (C=O) groups excluding carboxylic acids is 2. The van der Waals surface area contributed by atoms with Gasteiger partial charge in [0.05, 0.1) is 4.92 Å². The van der Waals surface area contributed by atoms with Crippen molar-refractivity contribution in [1.82, 2.24) is 15.1 Å². The van der Waals surface area contributed by atoms with Crippen LogP contribution in [0.4, 0.5) is 15.3 Å². The number of hydrogen-bond acceptors (Lipinski definition) is 7. The Kier molecular flexibility index (Phi) is 10.8. The first-order valence-electron chi connectivity index (χ1n) is 15.1. The summed E-state index contributed by atoms with van der Waals surface area (Å²) in [4.78, 5) is 40.2. The Balaban J connectivity index is 1.32. The number of carbonyl (C=O) groups is 2. The number of piperidine rings is 1. The second kappa shape index (κ2) is 14.5. The number of non-ortho nitro benzene ring substituents is 1. The highest BCUT2D eigenvalue weighted by molar-refractivity contribution is 5.68. The van der Waals surface area contributed by atoms with Crippen LogP contribution >= 0.6 is 0 Å². The molecule has 10 heteroatoms. The predicted molar refractivity (Wildman–Crippen MR) is 165 cm³/mol. The molecule has 4 rings (SSSR count). The van der Waals surface area contributed by atoms with E-state index in [4.69, 9.17) is 9.47 Å². The summed E-state index contributed by atoms with van der Waals surface area (Å²) in [5, 5.41) is 14.0. The number of hydrogen-bond donors (Lipinski definition) is 1. The lowest BCUT2D eigenvalue weighted by atomic mass is 9.88. The summed E-state index contributed by atoms with van der Waals surface area (Å²) >= 11 is 0. The van der Waals surface area contributed by atoms with Gasteiger partial charge in [-0.25, -0.2) is 9.59 Å². The Morgan fingerprint density at radius 2 is 1.77 bits per heavy atom. The predicted octanol–water partition coefficient (Wildman–Crippen LogP) is 6.27. The van der Waals surface area contributed by atoms with E-state index in [-0.39, 0.29) is 30.5 Å². The molecule has 1 heterocycles. The van der Waals surface area contributed by atoms with Crippen molar-refractivity contribution in [3.63, 3.8) is 0 Å². The molecular formula is C33H44N4O6. The summed E-state index contributed by atoms with van der Waals surface area (Å²) in [5.74, 6) is 0.723. The van der Waals surface area contributed by atoms with Crippen LogP contribution in [0.3, 0.4) is 0 Å². The number of nitro groups is 1. The zero-order valence-electron chi connectivity index (χ0n) is 25.4. The zero-order chi connectivity index (χ0) is 31.0. The number of alkyl carbamates (subject to hydrolysis) is 1. The molecule has 1 saturated carbocycles. The lowest BCUT2D eigenvalue weighted by Gasteiger charge is -2.39.